The monoisotopic (exact) mass is 158 g/mol. The predicted molar refractivity (Wildman–Crippen MR) is 52.9 cm³/mol. The van der Waals surface area contributed by atoms with Crippen molar-refractivity contribution < 1.29 is 0 Å². The molecule has 0 amide bonds. The Balaban J connectivity index is 2.64. The molecule has 56 valence electrons. The van der Waals surface area contributed by atoms with Crippen molar-refractivity contribution in [1.29, 1.82) is 0 Å². The molecule has 2 aromatic rings. The Labute approximate surface area is 71.1 Å². The van der Waals surface area contributed by atoms with Gasteiger partial charge in [0.2, 0.25) is 0 Å². The third kappa shape index (κ3) is 0.620. The number of hydrogen-bond donors (Lipinski definition) is 0. The van der Waals surface area contributed by atoms with Crippen LogP contribution in [0.15, 0.2) is 36.4 Å². The Morgan fingerprint density at radius 2 is 1.25 bits per heavy atom. The maximum absolute atomic E-state index is 2.18. The van der Waals surface area contributed by atoms with Crippen LogP contribution in [0.1, 0.15) is 11.1 Å². The lowest BCUT2D eigenvalue weighted by molar-refractivity contribution is 1.72. The number of rotatable bonds is 0. The van der Waals surface area contributed by atoms with Gasteiger partial charge >= 0.3 is 0 Å². The second-order valence-corrected chi connectivity index (χ2v) is 3.13. The molecule has 0 saturated heterocycles. The van der Waals surface area contributed by atoms with E-state index in [0.717, 1.165) is 0 Å². The third-order valence-corrected chi connectivity index (χ3v) is 2.41. The average molecular weight is 158 g/mol. The molecule has 0 heterocycles. The van der Waals surface area contributed by atoms with E-state index in [-0.39, 0.29) is 0 Å². The molecule has 3 rings (SSSR count). The van der Waals surface area contributed by atoms with Crippen LogP contribution in [0.2, 0.25) is 0 Å². The van der Waals surface area contributed by atoms with Crippen molar-refractivity contribution in [3.05, 3.63) is 47.5 Å². The minimum Gasteiger partial charge on any atom is -0.0610 e. The van der Waals surface area contributed by atoms with Crippen LogP contribution < -0.4 is 0 Å². The minimum atomic E-state index is 1.34. The van der Waals surface area contributed by atoms with Crippen molar-refractivity contribution in [2.24, 2.45) is 0 Å². The van der Waals surface area contributed by atoms with Gasteiger partial charge in [0.15, 0.2) is 0 Å². The van der Waals surface area contributed by atoms with Gasteiger partial charge in [0.1, 0.15) is 0 Å². The summed E-state index contributed by atoms with van der Waals surface area (Å²) in [4.78, 5) is 0. The molecule has 0 N–H and O–H groups in total. The van der Waals surface area contributed by atoms with E-state index in [1.807, 2.05) is 0 Å². The summed E-state index contributed by atoms with van der Waals surface area (Å²) in [6, 6.07) is 12.9. The molecule has 0 radical (unpaired) electrons. The van der Waals surface area contributed by atoms with Gasteiger partial charge in [-0.15, -0.1) is 0 Å². The summed E-state index contributed by atoms with van der Waals surface area (Å²) in [6.45, 7) is 0. The molecule has 0 aliphatic heterocycles. The van der Waals surface area contributed by atoms with Crippen molar-refractivity contribution in [2.45, 2.75) is 0 Å². The van der Waals surface area contributed by atoms with Crippen LogP contribution in [0.5, 0.6) is 0 Å². The average Bonchev–Trinajstić information content (AvgIpc) is 2.52. The maximum Gasteiger partial charge on any atom is -0.00389 e. The van der Waals surface area contributed by atoms with Crippen LogP contribution in [0, 0.1) is 0 Å². The highest BCUT2D eigenvalue weighted by Crippen LogP contribution is 2.30. The van der Waals surface area contributed by atoms with Crippen LogP contribution in [0.4, 0.5) is 0 Å². The number of benzene rings is 2. The Morgan fingerprint density at radius 1 is 0.667 bits per heavy atom. The van der Waals surface area contributed by atoms with E-state index >= 15 is 0 Å². The van der Waals surface area contributed by atoms with E-state index < -0.39 is 0 Å². The molecule has 0 spiro atoms. The van der Waals surface area contributed by atoms with E-state index in [9.17, 15) is 0 Å². The lowest BCUT2D eigenvalue weighted by Crippen LogP contribution is -1.76. The molecule has 1 aliphatic rings. The van der Waals surface area contributed by atoms with Gasteiger partial charge in [-0.1, -0.05) is 48.6 Å². The second-order valence-electron chi connectivity index (χ2n) is 3.13. The quantitative estimate of drug-likeness (QED) is 0.470. The molecular formula is C12H8. The highest BCUT2D eigenvalue weighted by molar-refractivity contribution is 6.04. The Hall–Kier alpha value is -1.56. The summed E-state index contributed by atoms with van der Waals surface area (Å²) in [5.41, 5.74) is 2.70. The maximum atomic E-state index is 2.18. The lowest BCUT2D eigenvalue weighted by Gasteiger charge is -1.99. The van der Waals surface area contributed by atoms with Crippen molar-refractivity contribution in [3.63, 3.8) is 0 Å². The van der Waals surface area contributed by atoms with Gasteiger partial charge < -0.3 is 0 Å². The van der Waals surface area contributed by atoms with E-state index in [0.29, 0.717) is 0 Å². The molecule has 0 unspecified atom stereocenters. The zero-order chi connectivity index (χ0) is 7.97. The van der Waals surface area contributed by atoms with Crippen molar-refractivity contribution in [1.82, 2.24) is 0 Å². The molecule has 0 aromatic heterocycles. The zero-order valence-corrected chi connectivity index (χ0v) is 6.62. The first-order valence-corrected chi connectivity index (χ1v) is 4.15. The summed E-state index contributed by atoms with van der Waals surface area (Å²) >= 11 is 0. The van der Waals surface area contributed by atoms with Gasteiger partial charge in [-0.2, -0.15) is 0 Å². The third-order valence-electron chi connectivity index (χ3n) is 2.41. The van der Waals surface area contributed by atoms with E-state index in [4.69, 9.17) is 0 Å². The zero-order valence-electron chi connectivity index (χ0n) is 6.62. The molecule has 0 bridgehead atoms. The fourth-order valence-electron chi connectivity index (χ4n) is 1.86. The molecule has 0 atom stereocenters. The van der Waals surface area contributed by atoms with Crippen LogP contribution in [-0.4, -0.2) is 0 Å². The molecule has 0 nitrogen and oxygen atoms in total. The topological polar surface area (TPSA) is 0 Å². The van der Waals surface area contributed by atoms with Crippen molar-refractivity contribution in [2.75, 3.05) is 0 Å². The van der Waals surface area contributed by atoms with E-state index in [1.54, 1.807) is 0 Å². The van der Waals surface area contributed by atoms with Crippen molar-refractivity contribution >= 4 is 22.9 Å². The first kappa shape index (κ1) is 6.01. The Morgan fingerprint density at radius 3 is 1.83 bits per heavy atom. The summed E-state index contributed by atoms with van der Waals surface area (Å²) < 4.78 is 0. The molecule has 2 aromatic carbocycles. The molecule has 0 fully saturated rings. The van der Waals surface area contributed by atoms with Crippen LogP contribution >= 0.6 is 0 Å². The summed E-state index contributed by atoms with van der Waals surface area (Å²) in [5.74, 6) is 0. The summed E-state index contributed by atoms with van der Waals surface area (Å²) in [5, 5.41) is 2.75. The highest BCUT2D eigenvalue weighted by atomic mass is 14.8. The highest BCUT2D eigenvalue weighted by Gasteiger charge is 2.06. The van der Waals surface area contributed by atoms with Gasteiger partial charge in [-0.3, -0.25) is 0 Å². The minimum absolute atomic E-state index is 1.34. The van der Waals surface area contributed by atoms with Gasteiger partial charge in [-0.25, -0.2) is 0 Å². The van der Waals surface area contributed by atoms with Gasteiger partial charge in [0.05, 0.1) is 0 Å². The van der Waals surface area contributed by atoms with Gasteiger partial charge in [0, 0.05) is 0 Å². The normalized spacial score (nSPS) is 12.7. The van der Waals surface area contributed by atoms with Gasteiger partial charge in [0.25, 0.3) is 0 Å². The standard InChI is InChI=1S/C12H8/c1-3-9-4-2-6-11-8-7-10(5-1)12(9)11/h1-8H/i1+1,3+1,5+1,9+1,10+1,12+1. The van der Waals surface area contributed by atoms with Gasteiger partial charge in [-0.05, 0) is 21.9 Å². The van der Waals surface area contributed by atoms with Crippen LogP contribution in [0.3, 0.4) is 0 Å². The fourth-order valence-corrected chi connectivity index (χ4v) is 1.86. The van der Waals surface area contributed by atoms with E-state index in [2.05, 4.69) is 48.6 Å². The predicted octanol–water partition coefficient (Wildman–Crippen LogP) is 3.32. The molecule has 1 aliphatic carbocycles. The smallest absolute Gasteiger partial charge is 0.00389 e. The van der Waals surface area contributed by atoms with Crippen LogP contribution in [0.25, 0.3) is 22.9 Å². The molecule has 0 saturated carbocycles. The van der Waals surface area contributed by atoms with Crippen molar-refractivity contribution in [3.8, 4) is 0 Å². The van der Waals surface area contributed by atoms with E-state index in [1.165, 1.54) is 21.9 Å². The SMILES string of the molecule is C1=C[13c]2[13cH][13cH][13cH][13c]3cccc1[13c]23. The Bertz CT molecular complexity index is 438. The molecule has 12 heavy (non-hydrogen) atoms. The lowest BCUT2D eigenvalue weighted by atomic mass is 10.3. The second kappa shape index (κ2) is 1.98. The fraction of sp³-hybridized carbons (Fsp3) is 0. The first-order valence-electron chi connectivity index (χ1n) is 4.15. The van der Waals surface area contributed by atoms with Crippen LogP contribution in [-0.2, 0) is 0 Å². The largest absolute Gasteiger partial charge is 0.0610 e. The summed E-state index contributed by atoms with van der Waals surface area (Å²) in [6.07, 6.45) is 4.36. The first-order chi connectivity index (χ1) is 5.95. The molecular weight excluding hydrogens is 150 g/mol. The Kier molecular flexibility index (Phi) is 0.991. The number of hydrogen-bond acceptors (Lipinski definition) is 0. The molecule has 0 heteroatoms. The summed E-state index contributed by atoms with van der Waals surface area (Å²) in [7, 11) is 0.